The summed E-state index contributed by atoms with van der Waals surface area (Å²) in [5, 5.41) is 5.25. The van der Waals surface area contributed by atoms with Crippen LogP contribution in [-0.2, 0) is 7.05 Å². The van der Waals surface area contributed by atoms with Crippen molar-refractivity contribution in [1.29, 1.82) is 0 Å². The molecule has 0 spiro atoms. The highest BCUT2D eigenvalue weighted by molar-refractivity contribution is 6.04. The number of hydrogen-bond acceptors (Lipinski definition) is 3. The number of nitrogens with two attached hydrogens (primary N) is 1. The van der Waals surface area contributed by atoms with E-state index in [0.717, 1.165) is 10.9 Å². The molecule has 0 fully saturated rings. The minimum Gasteiger partial charge on any atom is -0.334 e. The van der Waals surface area contributed by atoms with Crippen LogP contribution in [0, 0.1) is 0 Å². The minimum absolute atomic E-state index is 0.0581. The van der Waals surface area contributed by atoms with Gasteiger partial charge in [0.05, 0.1) is 5.52 Å². The normalized spacial score (nSPS) is 11.2. The van der Waals surface area contributed by atoms with E-state index in [9.17, 15) is 4.79 Å². The molecule has 0 radical (unpaired) electrons. The lowest BCUT2D eigenvalue weighted by molar-refractivity contribution is 0.0707. The number of carbonyl (C=O) groups excluding carboxylic acids is 1. The van der Waals surface area contributed by atoms with Crippen molar-refractivity contribution in [3.05, 3.63) is 30.0 Å². The topological polar surface area (TPSA) is 64.2 Å². The number of aryl methyl sites for hydroxylation is 1. The maximum atomic E-state index is 12.6. The molecule has 19 heavy (non-hydrogen) atoms. The molecule has 0 bridgehead atoms. The molecule has 0 atom stereocenters. The summed E-state index contributed by atoms with van der Waals surface area (Å²) in [5.74, 6) is -0.0581. The standard InChI is InChI=1S/C14H20N4O/c1-10(2)18(9-8-15)14(19)13-11-6-4-5-7-12(11)17(3)16-13/h4-7,10H,8-9,15H2,1-3H3. The molecule has 0 saturated heterocycles. The van der Waals surface area contributed by atoms with E-state index in [1.54, 1.807) is 9.58 Å². The summed E-state index contributed by atoms with van der Waals surface area (Å²) in [6, 6.07) is 7.86. The molecule has 5 heteroatoms. The second-order valence-corrected chi connectivity index (χ2v) is 4.87. The molecule has 1 heterocycles. The highest BCUT2D eigenvalue weighted by Crippen LogP contribution is 2.19. The van der Waals surface area contributed by atoms with E-state index >= 15 is 0 Å². The second kappa shape index (κ2) is 5.40. The average Bonchev–Trinajstić information content (AvgIpc) is 2.73. The molecule has 1 aromatic heterocycles. The summed E-state index contributed by atoms with van der Waals surface area (Å²) in [7, 11) is 1.85. The molecule has 2 rings (SSSR count). The van der Waals surface area contributed by atoms with Crippen LogP contribution in [0.15, 0.2) is 24.3 Å². The lowest BCUT2D eigenvalue weighted by atomic mass is 10.2. The molecule has 1 aromatic carbocycles. The zero-order valence-electron chi connectivity index (χ0n) is 11.6. The summed E-state index contributed by atoms with van der Waals surface area (Å²) in [6.07, 6.45) is 0. The first-order valence-electron chi connectivity index (χ1n) is 6.49. The zero-order valence-corrected chi connectivity index (χ0v) is 11.6. The van der Waals surface area contributed by atoms with E-state index in [-0.39, 0.29) is 11.9 Å². The molecule has 2 N–H and O–H groups in total. The van der Waals surface area contributed by atoms with Crippen LogP contribution < -0.4 is 5.73 Å². The van der Waals surface area contributed by atoms with Crippen molar-refractivity contribution in [2.45, 2.75) is 19.9 Å². The molecule has 0 aliphatic heterocycles. The number of carbonyl (C=O) groups is 1. The van der Waals surface area contributed by atoms with Crippen molar-refractivity contribution < 1.29 is 4.79 Å². The SMILES string of the molecule is CC(C)N(CCN)C(=O)c1nn(C)c2ccccc12. The summed E-state index contributed by atoms with van der Waals surface area (Å²) < 4.78 is 1.74. The number of benzene rings is 1. The van der Waals surface area contributed by atoms with Crippen LogP contribution in [0.1, 0.15) is 24.3 Å². The zero-order chi connectivity index (χ0) is 14.0. The average molecular weight is 260 g/mol. The molecular weight excluding hydrogens is 240 g/mol. The highest BCUT2D eigenvalue weighted by atomic mass is 16.2. The maximum absolute atomic E-state index is 12.6. The molecule has 0 aliphatic carbocycles. The lowest BCUT2D eigenvalue weighted by Gasteiger charge is -2.25. The molecule has 5 nitrogen and oxygen atoms in total. The lowest BCUT2D eigenvalue weighted by Crippen LogP contribution is -2.40. The number of hydrogen-bond donors (Lipinski definition) is 1. The van der Waals surface area contributed by atoms with Gasteiger partial charge in [-0.05, 0) is 19.9 Å². The smallest absolute Gasteiger partial charge is 0.275 e. The van der Waals surface area contributed by atoms with Gasteiger partial charge in [-0.1, -0.05) is 18.2 Å². The van der Waals surface area contributed by atoms with Gasteiger partial charge in [-0.2, -0.15) is 5.10 Å². The Morgan fingerprint density at radius 2 is 2.11 bits per heavy atom. The van der Waals surface area contributed by atoms with Crippen molar-refractivity contribution in [1.82, 2.24) is 14.7 Å². The fourth-order valence-corrected chi connectivity index (χ4v) is 2.24. The fraction of sp³-hybridized carbons (Fsp3) is 0.429. The van der Waals surface area contributed by atoms with Crippen LogP contribution in [-0.4, -0.2) is 39.7 Å². The Balaban J connectivity index is 2.46. The van der Waals surface area contributed by atoms with Gasteiger partial charge in [0.1, 0.15) is 0 Å². The summed E-state index contributed by atoms with van der Waals surface area (Å²) in [5.41, 5.74) is 7.04. The van der Waals surface area contributed by atoms with Crippen molar-refractivity contribution in [3.8, 4) is 0 Å². The van der Waals surface area contributed by atoms with Crippen LogP contribution in [0.4, 0.5) is 0 Å². The van der Waals surface area contributed by atoms with Gasteiger partial charge in [0, 0.05) is 31.6 Å². The third-order valence-corrected chi connectivity index (χ3v) is 3.21. The van der Waals surface area contributed by atoms with Gasteiger partial charge in [0.25, 0.3) is 5.91 Å². The van der Waals surface area contributed by atoms with Gasteiger partial charge < -0.3 is 10.6 Å². The number of nitrogens with zero attached hydrogens (tertiary/aromatic N) is 3. The van der Waals surface area contributed by atoms with Gasteiger partial charge in [0.15, 0.2) is 5.69 Å². The fourth-order valence-electron chi connectivity index (χ4n) is 2.24. The quantitative estimate of drug-likeness (QED) is 0.903. The predicted octanol–water partition coefficient (Wildman–Crippen LogP) is 1.38. The minimum atomic E-state index is -0.0581. The molecule has 2 aromatic rings. The largest absolute Gasteiger partial charge is 0.334 e. The van der Waals surface area contributed by atoms with E-state index in [1.165, 1.54) is 0 Å². The Labute approximate surface area is 113 Å². The molecule has 0 saturated carbocycles. The molecule has 0 aliphatic rings. The number of aromatic nitrogens is 2. The third kappa shape index (κ3) is 2.46. The molecule has 0 unspecified atom stereocenters. The summed E-state index contributed by atoms with van der Waals surface area (Å²) in [4.78, 5) is 14.4. The first-order chi connectivity index (χ1) is 9.06. The van der Waals surface area contributed by atoms with Crippen LogP contribution in [0.25, 0.3) is 10.9 Å². The van der Waals surface area contributed by atoms with Crippen LogP contribution >= 0.6 is 0 Å². The van der Waals surface area contributed by atoms with Crippen molar-refractivity contribution in [2.24, 2.45) is 12.8 Å². The van der Waals surface area contributed by atoms with Gasteiger partial charge in [0.2, 0.25) is 0 Å². The van der Waals surface area contributed by atoms with E-state index in [1.807, 2.05) is 45.2 Å². The third-order valence-electron chi connectivity index (χ3n) is 3.21. The number of fused-ring (bicyclic) bond motifs is 1. The summed E-state index contributed by atoms with van der Waals surface area (Å²) >= 11 is 0. The second-order valence-electron chi connectivity index (χ2n) is 4.87. The monoisotopic (exact) mass is 260 g/mol. The van der Waals surface area contributed by atoms with Gasteiger partial charge in [-0.3, -0.25) is 9.48 Å². The van der Waals surface area contributed by atoms with E-state index in [2.05, 4.69) is 5.10 Å². The molecular formula is C14H20N4O. The Morgan fingerprint density at radius 3 is 2.74 bits per heavy atom. The molecule has 1 amide bonds. The first kappa shape index (κ1) is 13.5. The summed E-state index contributed by atoms with van der Waals surface area (Å²) in [6.45, 7) is 4.97. The van der Waals surface area contributed by atoms with Crippen LogP contribution in [0.5, 0.6) is 0 Å². The van der Waals surface area contributed by atoms with Crippen molar-refractivity contribution in [2.75, 3.05) is 13.1 Å². The predicted molar refractivity (Wildman–Crippen MR) is 75.9 cm³/mol. The van der Waals surface area contributed by atoms with Gasteiger partial charge >= 0.3 is 0 Å². The molecule has 102 valence electrons. The van der Waals surface area contributed by atoms with Gasteiger partial charge in [-0.15, -0.1) is 0 Å². The van der Waals surface area contributed by atoms with Crippen LogP contribution in [0.3, 0.4) is 0 Å². The number of amides is 1. The van der Waals surface area contributed by atoms with Crippen molar-refractivity contribution in [3.63, 3.8) is 0 Å². The Kier molecular flexibility index (Phi) is 3.85. The highest BCUT2D eigenvalue weighted by Gasteiger charge is 2.23. The maximum Gasteiger partial charge on any atom is 0.275 e. The van der Waals surface area contributed by atoms with Crippen LogP contribution in [0.2, 0.25) is 0 Å². The number of rotatable bonds is 4. The Morgan fingerprint density at radius 1 is 1.42 bits per heavy atom. The first-order valence-corrected chi connectivity index (χ1v) is 6.49. The Hall–Kier alpha value is -1.88. The van der Waals surface area contributed by atoms with E-state index in [0.29, 0.717) is 18.8 Å². The van der Waals surface area contributed by atoms with Gasteiger partial charge in [-0.25, -0.2) is 0 Å². The van der Waals surface area contributed by atoms with Crippen molar-refractivity contribution >= 4 is 16.8 Å². The Bertz CT molecular complexity index is 588. The number of para-hydroxylation sites is 1. The van der Waals surface area contributed by atoms with E-state index < -0.39 is 0 Å². The van der Waals surface area contributed by atoms with E-state index in [4.69, 9.17) is 5.73 Å².